The van der Waals surface area contributed by atoms with E-state index in [-0.39, 0.29) is 5.75 Å². The molecule has 1 aromatic heterocycles. The molecule has 0 saturated carbocycles. The molecule has 4 rings (SSSR count). The number of hydrogen-bond acceptors (Lipinski definition) is 6. The Morgan fingerprint density at radius 2 is 1.90 bits per heavy atom. The number of nitrogens with one attached hydrogen (secondary N) is 1. The topological polar surface area (TPSA) is 73.1 Å². The maximum atomic E-state index is 13.4. The largest absolute Gasteiger partial charge is 0.507 e. The quantitative estimate of drug-likeness (QED) is 0.785. The van der Waals surface area contributed by atoms with Crippen molar-refractivity contribution in [2.45, 2.75) is 19.8 Å². The number of benzene rings is 1. The van der Waals surface area contributed by atoms with Crippen molar-refractivity contribution in [1.29, 1.82) is 0 Å². The summed E-state index contributed by atoms with van der Waals surface area (Å²) < 4.78 is 13.4. The SMILES string of the molecule is CCC1=CC(c2ccc(-c3ccnc(F)c3)cc2O)=NN=C(N2CCNCC2)C1. The minimum Gasteiger partial charge on any atom is -0.507 e. The number of nitrogens with zero attached hydrogens (tertiary/aromatic N) is 4. The molecule has 1 saturated heterocycles. The molecular formula is C22H24FN5O. The maximum absolute atomic E-state index is 13.4. The fourth-order valence-corrected chi connectivity index (χ4v) is 3.59. The van der Waals surface area contributed by atoms with Crippen LogP contribution in [0.15, 0.2) is 58.4 Å². The van der Waals surface area contributed by atoms with Gasteiger partial charge in [-0.25, -0.2) is 4.98 Å². The summed E-state index contributed by atoms with van der Waals surface area (Å²) >= 11 is 0. The molecule has 2 aliphatic rings. The summed E-state index contributed by atoms with van der Waals surface area (Å²) in [5.41, 5.74) is 3.84. The molecule has 0 aliphatic carbocycles. The molecule has 0 radical (unpaired) electrons. The molecule has 29 heavy (non-hydrogen) atoms. The van der Waals surface area contributed by atoms with Crippen LogP contribution >= 0.6 is 0 Å². The van der Waals surface area contributed by atoms with Crippen molar-refractivity contribution in [2.75, 3.05) is 26.2 Å². The van der Waals surface area contributed by atoms with E-state index in [2.05, 4.69) is 32.3 Å². The Labute approximate surface area is 169 Å². The van der Waals surface area contributed by atoms with E-state index in [0.717, 1.165) is 44.9 Å². The van der Waals surface area contributed by atoms with Gasteiger partial charge in [0.2, 0.25) is 5.95 Å². The maximum Gasteiger partial charge on any atom is 0.213 e. The second-order valence-electron chi connectivity index (χ2n) is 7.17. The van der Waals surface area contributed by atoms with E-state index >= 15 is 0 Å². The molecule has 150 valence electrons. The molecule has 2 aromatic rings. The summed E-state index contributed by atoms with van der Waals surface area (Å²) in [5.74, 6) is 0.508. The predicted molar refractivity (Wildman–Crippen MR) is 113 cm³/mol. The van der Waals surface area contributed by atoms with E-state index in [1.165, 1.54) is 17.8 Å². The van der Waals surface area contributed by atoms with E-state index in [9.17, 15) is 9.50 Å². The molecule has 0 amide bonds. The number of phenolic OH excluding ortho intramolecular Hbond substituents is 1. The Bertz CT molecular complexity index is 992. The summed E-state index contributed by atoms with van der Waals surface area (Å²) in [6.07, 6.45) is 5.07. The first kappa shape index (κ1) is 19.3. The second-order valence-corrected chi connectivity index (χ2v) is 7.17. The number of aromatic nitrogens is 1. The van der Waals surface area contributed by atoms with Crippen molar-refractivity contribution >= 4 is 11.5 Å². The zero-order valence-corrected chi connectivity index (χ0v) is 16.4. The van der Waals surface area contributed by atoms with Crippen molar-refractivity contribution in [3.63, 3.8) is 0 Å². The van der Waals surface area contributed by atoms with Gasteiger partial charge in [-0.1, -0.05) is 18.6 Å². The number of rotatable bonds is 3. The normalized spacial score (nSPS) is 17.3. The van der Waals surface area contributed by atoms with Crippen molar-refractivity contribution in [3.05, 3.63) is 59.7 Å². The van der Waals surface area contributed by atoms with E-state index in [0.29, 0.717) is 22.4 Å². The van der Waals surface area contributed by atoms with Gasteiger partial charge in [0.25, 0.3) is 0 Å². The van der Waals surface area contributed by atoms with E-state index in [1.807, 2.05) is 12.1 Å². The molecule has 3 heterocycles. The number of pyridine rings is 1. The van der Waals surface area contributed by atoms with Crippen molar-refractivity contribution in [1.82, 2.24) is 15.2 Å². The van der Waals surface area contributed by atoms with Crippen molar-refractivity contribution in [3.8, 4) is 16.9 Å². The van der Waals surface area contributed by atoms with Gasteiger partial charge in [0, 0.05) is 50.4 Å². The van der Waals surface area contributed by atoms with Crippen LogP contribution in [0.1, 0.15) is 25.3 Å². The molecule has 7 heteroatoms. The molecular weight excluding hydrogens is 369 g/mol. The molecule has 2 aliphatic heterocycles. The first-order valence-corrected chi connectivity index (χ1v) is 9.89. The monoisotopic (exact) mass is 393 g/mol. The number of amidine groups is 1. The summed E-state index contributed by atoms with van der Waals surface area (Å²) in [6.45, 7) is 5.84. The number of allylic oxidation sites excluding steroid dienone is 1. The zero-order chi connectivity index (χ0) is 20.2. The van der Waals surface area contributed by atoms with Crippen LogP contribution in [0.2, 0.25) is 0 Å². The number of aromatic hydroxyl groups is 1. The highest BCUT2D eigenvalue weighted by Gasteiger charge is 2.19. The zero-order valence-electron chi connectivity index (χ0n) is 16.4. The van der Waals surface area contributed by atoms with Gasteiger partial charge in [0.05, 0.1) is 5.71 Å². The lowest BCUT2D eigenvalue weighted by atomic mass is 9.99. The van der Waals surface area contributed by atoms with Crippen LogP contribution in [-0.2, 0) is 0 Å². The highest BCUT2D eigenvalue weighted by Crippen LogP contribution is 2.28. The van der Waals surface area contributed by atoms with Crippen molar-refractivity contribution < 1.29 is 9.50 Å². The molecule has 1 aromatic carbocycles. The first-order valence-electron chi connectivity index (χ1n) is 9.89. The molecule has 6 nitrogen and oxygen atoms in total. The third-order valence-electron chi connectivity index (χ3n) is 5.27. The summed E-state index contributed by atoms with van der Waals surface area (Å²) in [4.78, 5) is 5.85. The molecule has 0 spiro atoms. The summed E-state index contributed by atoms with van der Waals surface area (Å²) in [7, 11) is 0. The molecule has 0 atom stereocenters. The van der Waals surface area contributed by atoms with Gasteiger partial charge >= 0.3 is 0 Å². The predicted octanol–water partition coefficient (Wildman–Crippen LogP) is 3.34. The van der Waals surface area contributed by atoms with E-state index in [1.54, 1.807) is 18.2 Å². The molecule has 0 bridgehead atoms. The average molecular weight is 393 g/mol. The van der Waals surface area contributed by atoms with Gasteiger partial charge < -0.3 is 15.3 Å². The third kappa shape index (κ3) is 4.35. The Morgan fingerprint density at radius 1 is 1.10 bits per heavy atom. The lowest BCUT2D eigenvalue weighted by Gasteiger charge is -2.29. The Morgan fingerprint density at radius 3 is 2.62 bits per heavy atom. The number of halogens is 1. The van der Waals surface area contributed by atoms with Crippen LogP contribution in [0.25, 0.3) is 11.1 Å². The fourth-order valence-electron chi connectivity index (χ4n) is 3.59. The lowest BCUT2D eigenvalue weighted by molar-refractivity contribution is 0.352. The number of phenols is 1. The van der Waals surface area contributed by atoms with Gasteiger partial charge in [0.1, 0.15) is 11.6 Å². The van der Waals surface area contributed by atoms with Gasteiger partial charge in [-0.05, 0) is 41.8 Å². The number of hydrogen-bond donors (Lipinski definition) is 2. The standard InChI is InChI=1S/C22H24FN5O/c1-2-15-11-19(26-27-22(12-15)28-9-7-24-8-10-28)18-4-3-16(13-20(18)29)17-5-6-25-21(23)14-17/h3-6,11,13-14,24,29H,2,7-10,12H2,1H3. The van der Waals surface area contributed by atoms with Crippen LogP contribution < -0.4 is 5.32 Å². The Hall–Kier alpha value is -3.06. The van der Waals surface area contributed by atoms with E-state index in [4.69, 9.17) is 0 Å². The van der Waals surface area contributed by atoms with Crippen LogP contribution in [0.4, 0.5) is 4.39 Å². The number of piperazine rings is 1. The Kier molecular flexibility index (Phi) is 5.67. The minimum atomic E-state index is -0.551. The molecule has 0 unspecified atom stereocenters. The van der Waals surface area contributed by atoms with Crippen molar-refractivity contribution in [2.24, 2.45) is 10.2 Å². The Balaban J connectivity index is 1.67. The highest BCUT2D eigenvalue weighted by atomic mass is 19.1. The van der Waals surface area contributed by atoms with Gasteiger partial charge in [-0.15, -0.1) is 10.2 Å². The van der Waals surface area contributed by atoms with Gasteiger partial charge in [-0.2, -0.15) is 4.39 Å². The minimum absolute atomic E-state index is 0.0889. The third-order valence-corrected chi connectivity index (χ3v) is 5.27. The fraction of sp³-hybridized carbons (Fsp3) is 0.318. The van der Waals surface area contributed by atoms with E-state index < -0.39 is 5.95 Å². The lowest BCUT2D eigenvalue weighted by Crippen LogP contribution is -2.46. The summed E-state index contributed by atoms with van der Waals surface area (Å²) in [5, 5.41) is 23.0. The molecule has 1 fully saturated rings. The first-order chi connectivity index (χ1) is 14.1. The van der Waals surface area contributed by atoms with Crippen LogP contribution in [0.5, 0.6) is 5.75 Å². The second kappa shape index (κ2) is 8.53. The smallest absolute Gasteiger partial charge is 0.213 e. The van der Waals surface area contributed by atoms with Gasteiger partial charge in [0.15, 0.2) is 0 Å². The van der Waals surface area contributed by atoms with Gasteiger partial charge in [-0.3, -0.25) is 0 Å². The van der Waals surface area contributed by atoms with Crippen LogP contribution in [-0.4, -0.2) is 52.7 Å². The average Bonchev–Trinajstić information content (AvgIpc) is 2.97. The molecule has 2 N–H and O–H groups in total. The van der Waals surface area contributed by atoms with Crippen LogP contribution in [0.3, 0.4) is 0 Å². The van der Waals surface area contributed by atoms with Crippen LogP contribution in [0, 0.1) is 5.95 Å². The summed E-state index contributed by atoms with van der Waals surface area (Å²) in [6, 6.07) is 8.32. The highest BCUT2D eigenvalue weighted by molar-refractivity contribution is 6.12.